The van der Waals surface area contributed by atoms with Crippen molar-refractivity contribution < 1.29 is 5.11 Å². The molecule has 2 nitrogen and oxygen atoms in total. The lowest BCUT2D eigenvalue weighted by Crippen LogP contribution is -2.37. The first-order chi connectivity index (χ1) is 6.62. The molecule has 14 heavy (non-hydrogen) atoms. The molecular formula is C12H21NO. The Morgan fingerprint density at radius 1 is 1.14 bits per heavy atom. The number of aliphatic hydroxyl groups excluding tert-OH is 1. The molecule has 1 rings (SSSR count). The molecule has 0 heterocycles. The van der Waals surface area contributed by atoms with E-state index in [0.29, 0.717) is 0 Å². The van der Waals surface area contributed by atoms with E-state index in [1.54, 1.807) is 0 Å². The van der Waals surface area contributed by atoms with Crippen LogP contribution in [0.2, 0.25) is 0 Å². The van der Waals surface area contributed by atoms with Gasteiger partial charge >= 0.3 is 0 Å². The number of aliphatic hydroxyl groups is 1. The summed E-state index contributed by atoms with van der Waals surface area (Å²) in [5, 5.41) is 19.4. The third kappa shape index (κ3) is 2.27. The fourth-order valence-electron chi connectivity index (χ4n) is 2.47. The predicted molar refractivity (Wildman–Crippen MR) is 56.6 cm³/mol. The van der Waals surface area contributed by atoms with Gasteiger partial charge in [0.2, 0.25) is 0 Å². The summed E-state index contributed by atoms with van der Waals surface area (Å²) >= 11 is 0. The fourth-order valence-corrected chi connectivity index (χ4v) is 2.47. The van der Waals surface area contributed by atoms with Crippen molar-refractivity contribution in [3.63, 3.8) is 0 Å². The van der Waals surface area contributed by atoms with Crippen molar-refractivity contribution in [3.8, 4) is 6.07 Å². The molecular weight excluding hydrogens is 174 g/mol. The number of hydrogen-bond donors (Lipinski definition) is 1. The van der Waals surface area contributed by atoms with E-state index in [4.69, 9.17) is 0 Å². The first kappa shape index (κ1) is 11.5. The molecule has 0 spiro atoms. The lowest BCUT2D eigenvalue weighted by Gasteiger charge is -2.33. The second kappa shape index (κ2) is 4.79. The molecule has 0 radical (unpaired) electrons. The first-order valence-electron chi connectivity index (χ1n) is 5.72. The van der Waals surface area contributed by atoms with E-state index in [1.165, 1.54) is 12.8 Å². The van der Waals surface area contributed by atoms with Crippen molar-refractivity contribution in [2.75, 3.05) is 0 Å². The van der Waals surface area contributed by atoms with Gasteiger partial charge in [-0.25, -0.2) is 0 Å². The highest BCUT2D eigenvalue weighted by Gasteiger charge is 2.39. The Bertz CT molecular complexity index is 209. The minimum Gasteiger partial charge on any atom is -0.391 e. The minimum atomic E-state index is -0.454. The van der Waals surface area contributed by atoms with E-state index < -0.39 is 11.5 Å². The van der Waals surface area contributed by atoms with Gasteiger partial charge in [0, 0.05) is 0 Å². The van der Waals surface area contributed by atoms with Crippen LogP contribution in [0, 0.1) is 22.7 Å². The number of rotatable bonds is 2. The molecule has 80 valence electrons. The summed E-state index contributed by atoms with van der Waals surface area (Å²) < 4.78 is 0. The van der Waals surface area contributed by atoms with Crippen LogP contribution < -0.4 is 0 Å². The van der Waals surface area contributed by atoms with E-state index in [-0.39, 0.29) is 5.92 Å². The van der Waals surface area contributed by atoms with Crippen molar-refractivity contribution in [3.05, 3.63) is 0 Å². The Labute approximate surface area is 86.9 Å². The molecule has 1 N–H and O–H groups in total. The molecule has 0 aliphatic heterocycles. The maximum Gasteiger partial charge on any atom is 0.0834 e. The van der Waals surface area contributed by atoms with Crippen molar-refractivity contribution >= 4 is 0 Å². The Morgan fingerprint density at radius 2 is 1.64 bits per heavy atom. The zero-order chi connectivity index (χ0) is 10.6. The number of hydrogen-bond acceptors (Lipinski definition) is 2. The van der Waals surface area contributed by atoms with Crippen LogP contribution in [0.4, 0.5) is 0 Å². The molecule has 0 saturated heterocycles. The van der Waals surface area contributed by atoms with E-state index in [1.807, 2.05) is 13.8 Å². The highest BCUT2D eigenvalue weighted by molar-refractivity contribution is 5.05. The number of nitrogens with zero attached hydrogens (tertiary/aromatic N) is 1. The SMILES string of the molecule is CC(C)C(O)C1(C#N)CCCCCC1. The quantitative estimate of drug-likeness (QED) is 0.688. The summed E-state index contributed by atoms with van der Waals surface area (Å²) in [6.45, 7) is 3.99. The molecule has 0 aromatic heterocycles. The van der Waals surface area contributed by atoms with Gasteiger partial charge in [0.1, 0.15) is 0 Å². The largest absolute Gasteiger partial charge is 0.391 e. The second-order valence-corrected chi connectivity index (χ2v) is 4.87. The van der Waals surface area contributed by atoms with Gasteiger partial charge in [-0.3, -0.25) is 0 Å². The molecule has 1 aliphatic carbocycles. The standard InChI is InChI=1S/C12H21NO/c1-10(2)11(14)12(9-13)7-5-3-4-6-8-12/h10-11,14H,3-8H2,1-2H3. The maximum atomic E-state index is 10.1. The highest BCUT2D eigenvalue weighted by Crippen LogP contribution is 2.39. The van der Waals surface area contributed by atoms with Crippen LogP contribution >= 0.6 is 0 Å². The van der Waals surface area contributed by atoms with Gasteiger partial charge in [-0.15, -0.1) is 0 Å². The fraction of sp³-hybridized carbons (Fsp3) is 0.917. The van der Waals surface area contributed by atoms with Crippen LogP contribution in [0.1, 0.15) is 52.4 Å². The monoisotopic (exact) mass is 195 g/mol. The Morgan fingerprint density at radius 3 is 2.00 bits per heavy atom. The zero-order valence-electron chi connectivity index (χ0n) is 9.29. The topological polar surface area (TPSA) is 44.0 Å². The summed E-state index contributed by atoms with van der Waals surface area (Å²) in [5.74, 6) is 0.188. The van der Waals surface area contributed by atoms with Crippen LogP contribution in [0.25, 0.3) is 0 Å². The Kier molecular flexibility index (Phi) is 3.95. The lowest BCUT2D eigenvalue weighted by atomic mass is 9.73. The van der Waals surface area contributed by atoms with Crippen LogP contribution in [0.5, 0.6) is 0 Å². The van der Waals surface area contributed by atoms with E-state index in [9.17, 15) is 10.4 Å². The Hall–Kier alpha value is -0.550. The predicted octanol–water partition coefficient (Wildman–Crippen LogP) is 2.87. The van der Waals surface area contributed by atoms with Gasteiger partial charge < -0.3 is 5.11 Å². The molecule has 0 bridgehead atoms. The minimum absolute atomic E-state index is 0.188. The summed E-state index contributed by atoms with van der Waals surface area (Å²) in [5.41, 5.74) is -0.454. The average molecular weight is 195 g/mol. The van der Waals surface area contributed by atoms with Crippen LogP contribution in [-0.4, -0.2) is 11.2 Å². The van der Waals surface area contributed by atoms with Crippen molar-refractivity contribution in [1.29, 1.82) is 5.26 Å². The summed E-state index contributed by atoms with van der Waals surface area (Å²) in [6.07, 6.45) is 5.92. The van der Waals surface area contributed by atoms with E-state index in [2.05, 4.69) is 6.07 Å². The number of nitriles is 1. The lowest BCUT2D eigenvalue weighted by molar-refractivity contribution is 0.0160. The summed E-state index contributed by atoms with van der Waals surface area (Å²) in [6, 6.07) is 2.39. The van der Waals surface area contributed by atoms with Gasteiger partial charge in [-0.1, -0.05) is 39.5 Å². The first-order valence-corrected chi connectivity index (χ1v) is 5.72. The zero-order valence-corrected chi connectivity index (χ0v) is 9.29. The van der Waals surface area contributed by atoms with Crippen molar-refractivity contribution in [2.45, 2.75) is 58.5 Å². The van der Waals surface area contributed by atoms with Crippen LogP contribution in [0.15, 0.2) is 0 Å². The molecule has 0 amide bonds. The van der Waals surface area contributed by atoms with Crippen molar-refractivity contribution in [1.82, 2.24) is 0 Å². The van der Waals surface area contributed by atoms with Gasteiger partial charge in [0.15, 0.2) is 0 Å². The molecule has 0 aromatic rings. The van der Waals surface area contributed by atoms with Gasteiger partial charge in [-0.05, 0) is 18.8 Å². The van der Waals surface area contributed by atoms with E-state index in [0.717, 1.165) is 25.7 Å². The van der Waals surface area contributed by atoms with E-state index >= 15 is 0 Å². The van der Waals surface area contributed by atoms with Gasteiger partial charge in [0.25, 0.3) is 0 Å². The summed E-state index contributed by atoms with van der Waals surface area (Å²) in [7, 11) is 0. The van der Waals surface area contributed by atoms with Crippen LogP contribution in [-0.2, 0) is 0 Å². The molecule has 1 aliphatic rings. The summed E-state index contributed by atoms with van der Waals surface area (Å²) in [4.78, 5) is 0. The third-order valence-electron chi connectivity index (χ3n) is 3.42. The molecule has 2 heteroatoms. The van der Waals surface area contributed by atoms with Crippen LogP contribution in [0.3, 0.4) is 0 Å². The average Bonchev–Trinajstić information content (AvgIpc) is 2.42. The highest BCUT2D eigenvalue weighted by atomic mass is 16.3. The smallest absolute Gasteiger partial charge is 0.0834 e. The normalized spacial score (nSPS) is 23.9. The Balaban J connectivity index is 2.78. The molecule has 1 fully saturated rings. The molecule has 1 unspecified atom stereocenters. The third-order valence-corrected chi connectivity index (χ3v) is 3.42. The van der Waals surface area contributed by atoms with Crippen molar-refractivity contribution in [2.24, 2.45) is 11.3 Å². The second-order valence-electron chi connectivity index (χ2n) is 4.87. The maximum absolute atomic E-state index is 10.1. The molecule has 1 atom stereocenters. The van der Waals surface area contributed by atoms with Gasteiger partial charge in [0.05, 0.1) is 17.6 Å². The molecule has 0 aromatic carbocycles. The van der Waals surface area contributed by atoms with Gasteiger partial charge in [-0.2, -0.15) is 5.26 Å². The molecule has 1 saturated carbocycles.